The van der Waals surface area contributed by atoms with E-state index < -0.39 is 6.10 Å². The molecule has 3 N–H and O–H groups in total. The summed E-state index contributed by atoms with van der Waals surface area (Å²) >= 11 is 0. The van der Waals surface area contributed by atoms with Crippen LogP contribution in [0.1, 0.15) is 37.0 Å². The molecule has 3 atom stereocenters. The van der Waals surface area contributed by atoms with Gasteiger partial charge in [-0.3, -0.25) is 4.57 Å². The number of methoxy groups -OCH3 is 1. The van der Waals surface area contributed by atoms with E-state index in [1.165, 1.54) is 5.56 Å². The molecule has 0 saturated heterocycles. The molecular weight excluding hydrogens is 354 g/mol. The number of aryl methyl sites for hydroxylation is 2. The van der Waals surface area contributed by atoms with Crippen molar-refractivity contribution in [2.75, 3.05) is 7.11 Å². The van der Waals surface area contributed by atoms with Gasteiger partial charge in [-0.15, -0.1) is 0 Å². The van der Waals surface area contributed by atoms with Crippen LogP contribution >= 0.6 is 0 Å². The molecule has 4 rings (SSSR count). The van der Waals surface area contributed by atoms with E-state index in [0.717, 1.165) is 35.2 Å². The van der Waals surface area contributed by atoms with Gasteiger partial charge in [-0.05, 0) is 49.9 Å². The van der Waals surface area contributed by atoms with Gasteiger partial charge in [0.25, 0.3) is 0 Å². The Balaban J connectivity index is 1.44. The molecule has 3 aromatic rings. The van der Waals surface area contributed by atoms with Crippen molar-refractivity contribution in [2.45, 2.75) is 50.9 Å². The average molecular weight is 381 g/mol. The standard InChI is InChI=1S/C22H27N3O3/c1-14(6-7-15-8-10-16(28-2)11-9-15)23-19-12-13-25-20-17(21(19)26)4-3-5-18(20)24-22(25)27/h3-5,8-11,14,19,21,23,26H,6-7,12-13H2,1-2H3,(H,24,27)/t14-,19+,21+/m0/s1. The molecule has 0 aliphatic carbocycles. The van der Waals surface area contributed by atoms with Gasteiger partial charge in [-0.25, -0.2) is 4.79 Å². The van der Waals surface area contributed by atoms with Crippen LogP contribution in [0.25, 0.3) is 11.0 Å². The third-order valence-electron chi connectivity index (χ3n) is 5.71. The van der Waals surface area contributed by atoms with Crippen LogP contribution in [0.5, 0.6) is 5.75 Å². The number of aliphatic hydroxyl groups is 1. The summed E-state index contributed by atoms with van der Waals surface area (Å²) in [5.74, 6) is 0.865. The highest BCUT2D eigenvalue weighted by Gasteiger charge is 2.29. The van der Waals surface area contributed by atoms with Crippen molar-refractivity contribution in [3.63, 3.8) is 0 Å². The number of imidazole rings is 1. The Hall–Kier alpha value is -2.57. The molecule has 1 aliphatic rings. The Labute approximate surface area is 164 Å². The number of nitrogens with zero attached hydrogens (tertiary/aromatic N) is 1. The van der Waals surface area contributed by atoms with Crippen molar-refractivity contribution in [3.8, 4) is 5.75 Å². The van der Waals surface area contributed by atoms with Crippen molar-refractivity contribution >= 4 is 11.0 Å². The van der Waals surface area contributed by atoms with Crippen LogP contribution in [0, 0.1) is 0 Å². The van der Waals surface area contributed by atoms with Crippen LogP contribution < -0.4 is 15.7 Å². The zero-order chi connectivity index (χ0) is 19.7. The van der Waals surface area contributed by atoms with Crippen molar-refractivity contribution in [1.29, 1.82) is 0 Å². The van der Waals surface area contributed by atoms with Crippen molar-refractivity contribution in [1.82, 2.24) is 14.9 Å². The average Bonchev–Trinajstić information content (AvgIpc) is 2.96. The lowest BCUT2D eigenvalue weighted by molar-refractivity contribution is 0.119. The third-order valence-corrected chi connectivity index (χ3v) is 5.71. The zero-order valence-electron chi connectivity index (χ0n) is 16.3. The molecule has 0 unspecified atom stereocenters. The van der Waals surface area contributed by atoms with Gasteiger partial charge in [-0.1, -0.05) is 24.3 Å². The second-order valence-electron chi connectivity index (χ2n) is 7.62. The molecule has 1 aromatic heterocycles. The summed E-state index contributed by atoms with van der Waals surface area (Å²) in [4.78, 5) is 15.1. The van der Waals surface area contributed by atoms with Crippen LogP contribution in [-0.4, -0.2) is 33.9 Å². The van der Waals surface area contributed by atoms with E-state index in [1.807, 2.05) is 30.3 Å². The summed E-state index contributed by atoms with van der Waals surface area (Å²) in [6, 6.07) is 14.0. The molecule has 2 aromatic carbocycles. The molecule has 0 bridgehead atoms. The monoisotopic (exact) mass is 381 g/mol. The largest absolute Gasteiger partial charge is 0.497 e. The van der Waals surface area contributed by atoms with Gasteiger partial charge in [0.05, 0.1) is 24.2 Å². The van der Waals surface area contributed by atoms with Crippen molar-refractivity contribution in [3.05, 3.63) is 64.1 Å². The maximum Gasteiger partial charge on any atom is 0.326 e. The highest BCUT2D eigenvalue weighted by atomic mass is 16.5. The van der Waals surface area contributed by atoms with E-state index >= 15 is 0 Å². The van der Waals surface area contributed by atoms with E-state index in [1.54, 1.807) is 11.7 Å². The molecule has 2 heterocycles. The number of nitrogens with one attached hydrogen (secondary N) is 2. The Morgan fingerprint density at radius 2 is 2.07 bits per heavy atom. The van der Waals surface area contributed by atoms with Gasteiger partial charge >= 0.3 is 5.69 Å². The summed E-state index contributed by atoms with van der Waals surface area (Å²) < 4.78 is 6.95. The van der Waals surface area contributed by atoms with E-state index in [2.05, 4.69) is 29.4 Å². The van der Waals surface area contributed by atoms with Gasteiger partial charge < -0.3 is 20.1 Å². The quantitative estimate of drug-likeness (QED) is 0.613. The number of rotatable bonds is 6. The maximum atomic E-state index is 12.2. The predicted octanol–water partition coefficient (Wildman–Crippen LogP) is 2.75. The Morgan fingerprint density at radius 1 is 1.29 bits per heavy atom. The molecule has 148 valence electrons. The maximum absolute atomic E-state index is 12.2. The highest BCUT2D eigenvalue weighted by Crippen LogP contribution is 2.30. The predicted molar refractivity (Wildman–Crippen MR) is 110 cm³/mol. The van der Waals surface area contributed by atoms with Crippen molar-refractivity contribution < 1.29 is 9.84 Å². The number of benzene rings is 2. The molecule has 0 saturated carbocycles. The number of H-pyrrole nitrogens is 1. The smallest absolute Gasteiger partial charge is 0.326 e. The fourth-order valence-corrected chi connectivity index (χ4v) is 4.14. The summed E-state index contributed by atoms with van der Waals surface area (Å²) in [6.07, 6.45) is 1.98. The van der Waals surface area contributed by atoms with Gasteiger partial charge in [0.1, 0.15) is 5.75 Å². The van der Waals surface area contributed by atoms with Gasteiger partial charge in [-0.2, -0.15) is 0 Å². The number of aliphatic hydroxyl groups excluding tert-OH is 1. The minimum Gasteiger partial charge on any atom is -0.497 e. The first-order chi connectivity index (χ1) is 13.6. The molecule has 0 fully saturated rings. The molecule has 0 amide bonds. The minimum absolute atomic E-state index is 0.0873. The lowest BCUT2D eigenvalue weighted by atomic mass is 9.98. The van der Waals surface area contributed by atoms with Crippen molar-refractivity contribution in [2.24, 2.45) is 0 Å². The lowest BCUT2D eigenvalue weighted by Crippen LogP contribution is -2.41. The molecule has 0 spiro atoms. The Bertz CT molecular complexity index is 1010. The third kappa shape index (κ3) is 3.57. The summed E-state index contributed by atoms with van der Waals surface area (Å²) in [6.45, 7) is 2.74. The molecular formula is C22H27N3O3. The summed E-state index contributed by atoms with van der Waals surface area (Å²) in [5.41, 5.74) is 3.59. The summed E-state index contributed by atoms with van der Waals surface area (Å²) in [5, 5.41) is 14.6. The van der Waals surface area contributed by atoms with E-state index in [9.17, 15) is 9.90 Å². The lowest BCUT2D eigenvalue weighted by Gasteiger charge is -2.26. The van der Waals surface area contributed by atoms with Gasteiger partial charge in [0.2, 0.25) is 0 Å². The van der Waals surface area contributed by atoms with Gasteiger partial charge in [0.15, 0.2) is 0 Å². The molecule has 0 radical (unpaired) electrons. The summed E-state index contributed by atoms with van der Waals surface area (Å²) in [7, 11) is 1.67. The van der Waals surface area contributed by atoms with Gasteiger partial charge in [0, 0.05) is 24.2 Å². The second-order valence-corrected chi connectivity index (χ2v) is 7.62. The Kier molecular flexibility index (Phi) is 5.24. The molecule has 1 aliphatic heterocycles. The topological polar surface area (TPSA) is 79.3 Å². The number of para-hydroxylation sites is 1. The number of aromatic amines is 1. The first kappa shape index (κ1) is 18.8. The second kappa shape index (κ2) is 7.81. The van der Waals surface area contributed by atoms with Crippen LogP contribution in [0.2, 0.25) is 0 Å². The number of hydrogen-bond acceptors (Lipinski definition) is 4. The SMILES string of the molecule is COc1ccc(CC[C@H](C)N[C@@H]2CCn3c(=O)[nH]c4cccc(c43)[C@H]2O)cc1. The number of hydrogen-bond donors (Lipinski definition) is 3. The highest BCUT2D eigenvalue weighted by molar-refractivity contribution is 5.79. The van der Waals surface area contributed by atoms with Crippen LogP contribution in [0.15, 0.2) is 47.3 Å². The number of aromatic nitrogens is 2. The minimum atomic E-state index is -0.643. The molecule has 28 heavy (non-hydrogen) atoms. The Morgan fingerprint density at radius 3 is 2.82 bits per heavy atom. The van der Waals surface area contributed by atoms with Crippen LogP contribution in [0.3, 0.4) is 0 Å². The fraction of sp³-hybridized carbons (Fsp3) is 0.409. The normalized spacial score (nSPS) is 20.1. The fourth-order valence-electron chi connectivity index (χ4n) is 4.14. The first-order valence-corrected chi connectivity index (χ1v) is 9.85. The van der Waals surface area contributed by atoms with E-state index in [0.29, 0.717) is 13.0 Å². The molecule has 6 nitrogen and oxygen atoms in total. The first-order valence-electron chi connectivity index (χ1n) is 9.85. The van der Waals surface area contributed by atoms with Crippen LogP contribution in [0.4, 0.5) is 0 Å². The van der Waals surface area contributed by atoms with E-state index in [-0.39, 0.29) is 17.8 Å². The van der Waals surface area contributed by atoms with Crippen LogP contribution in [-0.2, 0) is 13.0 Å². The number of ether oxygens (including phenoxy) is 1. The molecule has 6 heteroatoms. The van der Waals surface area contributed by atoms with E-state index in [4.69, 9.17) is 4.74 Å². The zero-order valence-corrected chi connectivity index (χ0v) is 16.3.